The first kappa shape index (κ1) is 13.8. The smallest absolute Gasteiger partial charge is 0.0611 e. The van der Waals surface area contributed by atoms with E-state index in [0.717, 1.165) is 19.0 Å². The largest absolute Gasteiger partial charge is 0.394 e. The van der Waals surface area contributed by atoms with Crippen molar-refractivity contribution < 1.29 is 5.11 Å². The summed E-state index contributed by atoms with van der Waals surface area (Å²) >= 11 is 0. The molecule has 1 heterocycles. The van der Waals surface area contributed by atoms with Crippen LogP contribution in [0.3, 0.4) is 0 Å². The maximum Gasteiger partial charge on any atom is 0.0611 e. The lowest BCUT2D eigenvalue weighted by Crippen LogP contribution is -2.52. The maximum atomic E-state index is 9.63. The molecule has 1 aliphatic heterocycles. The van der Waals surface area contributed by atoms with Gasteiger partial charge in [-0.3, -0.25) is 4.90 Å². The number of nitrogens with one attached hydrogen (secondary N) is 1. The molecule has 2 aliphatic carbocycles. The van der Waals surface area contributed by atoms with Gasteiger partial charge in [-0.05, 0) is 39.0 Å². The van der Waals surface area contributed by atoms with Gasteiger partial charge in [-0.25, -0.2) is 0 Å². The molecular formula is C15H29N3O. The Hall–Kier alpha value is -0.160. The second-order valence-electron chi connectivity index (χ2n) is 7.00. The zero-order valence-corrected chi connectivity index (χ0v) is 12.3. The third kappa shape index (κ3) is 3.91. The van der Waals surface area contributed by atoms with Crippen molar-refractivity contribution in [2.75, 3.05) is 39.3 Å². The highest BCUT2D eigenvalue weighted by Gasteiger charge is 2.34. The highest BCUT2D eigenvalue weighted by atomic mass is 16.3. The van der Waals surface area contributed by atoms with Crippen molar-refractivity contribution in [1.82, 2.24) is 15.1 Å². The molecule has 2 N–H and O–H groups in total. The molecular weight excluding hydrogens is 238 g/mol. The van der Waals surface area contributed by atoms with Gasteiger partial charge in [0.05, 0.1) is 6.61 Å². The zero-order chi connectivity index (χ0) is 13.3. The third-order valence-electron chi connectivity index (χ3n) is 4.93. The Kier molecular flexibility index (Phi) is 4.13. The fraction of sp³-hybridized carbons (Fsp3) is 1.00. The van der Waals surface area contributed by atoms with Crippen LogP contribution in [0.2, 0.25) is 0 Å². The molecule has 1 atom stereocenters. The summed E-state index contributed by atoms with van der Waals surface area (Å²) in [6.07, 6.45) is 6.48. The molecule has 1 unspecified atom stereocenters. The Labute approximate surface area is 117 Å². The van der Waals surface area contributed by atoms with Crippen LogP contribution in [0.25, 0.3) is 0 Å². The molecule has 3 rings (SSSR count). The molecule has 4 heteroatoms. The second-order valence-corrected chi connectivity index (χ2v) is 7.00. The molecule has 0 amide bonds. The van der Waals surface area contributed by atoms with Crippen LogP contribution in [-0.2, 0) is 0 Å². The topological polar surface area (TPSA) is 38.7 Å². The Balaban J connectivity index is 1.38. The number of hydrogen-bond donors (Lipinski definition) is 2. The lowest BCUT2D eigenvalue weighted by atomic mass is 9.98. The average molecular weight is 267 g/mol. The van der Waals surface area contributed by atoms with Crippen LogP contribution >= 0.6 is 0 Å². The Morgan fingerprint density at radius 2 is 1.79 bits per heavy atom. The quantitative estimate of drug-likeness (QED) is 0.711. The van der Waals surface area contributed by atoms with E-state index in [1.54, 1.807) is 0 Å². The highest BCUT2D eigenvalue weighted by molar-refractivity contribution is 4.93. The number of aliphatic hydroxyl groups excluding tert-OH is 1. The van der Waals surface area contributed by atoms with Crippen molar-refractivity contribution in [3.8, 4) is 0 Å². The van der Waals surface area contributed by atoms with Crippen molar-refractivity contribution in [2.45, 2.75) is 56.7 Å². The molecule has 0 spiro atoms. The van der Waals surface area contributed by atoms with Gasteiger partial charge in [0.2, 0.25) is 0 Å². The number of aliphatic hydroxyl groups is 1. The van der Waals surface area contributed by atoms with Crippen LogP contribution in [0, 0.1) is 0 Å². The van der Waals surface area contributed by atoms with E-state index in [1.807, 2.05) is 0 Å². The first-order chi connectivity index (χ1) is 9.18. The standard InChI is InChI=1S/C15H29N3O/c1-15(12-19,16-13-2-3-13)6-7-17-8-10-18(11-9-17)14-4-5-14/h13-14,16,19H,2-12H2,1H3. The first-order valence-corrected chi connectivity index (χ1v) is 8.03. The first-order valence-electron chi connectivity index (χ1n) is 8.03. The SMILES string of the molecule is CC(CO)(CCN1CCN(C2CC2)CC1)NC1CC1. The number of piperazine rings is 1. The Morgan fingerprint density at radius 1 is 1.11 bits per heavy atom. The minimum Gasteiger partial charge on any atom is -0.394 e. The van der Waals surface area contributed by atoms with E-state index in [4.69, 9.17) is 0 Å². The van der Waals surface area contributed by atoms with E-state index in [1.165, 1.54) is 51.9 Å². The minimum absolute atomic E-state index is 0.0746. The summed E-state index contributed by atoms with van der Waals surface area (Å²) < 4.78 is 0. The van der Waals surface area contributed by atoms with Gasteiger partial charge in [-0.2, -0.15) is 0 Å². The summed E-state index contributed by atoms with van der Waals surface area (Å²) in [7, 11) is 0. The van der Waals surface area contributed by atoms with Gasteiger partial charge in [0, 0.05) is 50.3 Å². The van der Waals surface area contributed by atoms with Gasteiger partial charge in [0.15, 0.2) is 0 Å². The van der Waals surface area contributed by atoms with Gasteiger partial charge in [-0.1, -0.05) is 0 Å². The highest BCUT2D eigenvalue weighted by Crippen LogP contribution is 2.28. The monoisotopic (exact) mass is 267 g/mol. The van der Waals surface area contributed by atoms with E-state index in [-0.39, 0.29) is 12.1 Å². The minimum atomic E-state index is -0.0746. The summed E-state index contributed by atoms with van der Waals surface area (Å²) in [6.45, 7) is 8.46. The van der Waals surface area contributed by atoms with Crippen LogP contribution < -0.4 is 5.32 Å². The molecule has 1 saturated heterocycles. The second kappa shape index (κ2) is 5.68. The molecule has 3 aliphatic rings. The zero-order valence-electron chi connectivity index (χ0n) is 12.3. The van der Waals surface area contributed by atoms with E-state index in [0.29, 0.717) is 6.04 Å². The number of rotatable bonds is 7. The van der Waals surface area contributed by atoms with Crippen molar-refractivity contribution in [1.29, 1.82) is 0 Å². The molecule has 0 aromatic heterocycles. The lowest BCUT2D eigenvalue weighted by Gasteiger charge is -2.37. The van der Waals surface area contributed by atoms with Crippen molar-refractivity contribution in [3.05, 3.63) is 0 Å². The third-order valence-corrected chi connectivity index (χ3v) is 4.93. The van der Waals surface area contributed by atoms with Crippen LogP contribution in [-0.4, -0.2) is 71.9 Å². The van der Waals surface area contributed by atoms with Crippen LogP contribution in [0.15, 0.2) is 0 Å². The molecule has 110 valence electrons. The van der Waals surface area contributed by atoms with Crippen molar-refractivity contribution >= 4 is 0 Å². The molecule has 19 heavy (non-hydrogen) atoms. The van der Waals surface area contributed by atoms with E-state index >= 15 is 0 Å². The van der Waals surface area contributed by atoms with Crippen molar-refractivity contribution in [2.24, 2.45) is 0 Å². The molecule has 3 fully saturated rings. The molecule has 0 radical (unpaired) electrons. The molecule has 2 saturated carbocycles. The predicted molar refractivity (Wildman–Crippen MR) is 77.3 cm³/mol. The molecule has 0 aromatic rings. The Bertz CT molecular complexity index is 296. The number of hydrogen-bond acceptors (Lipinski definition) is 4. The molecule has 4 nitrogen and oxygen atoms in total. The van der Waals surface area contributed by atoms with Crippen LogP contribution in [0.5, 0.6) is 0 Å². The van der Waals surface area contributed by atoms with Gasteiger partial charge in [0.1, 0.15) is 0 Å². The van der Waals surface area contributed by atoms with Gasteiger partial charge >= 0.3 is 0 Å². The summed E-state index contributed by atoms with van der Waals surface area (Å²) in [4.78, 5) is 5.23. The number of nitrogens with zero attached hydrogens (tertiary/aromatic N) is 2. The summed E-state index contributed by atoms with van der Waals surface area (Å²) in [5.41, 5.74) is -0.0746. The van der Waals surface area contributed by atoms with Gasteiger partial charge in [0.25, 0.3) is 0 Å². The predicted octanol–water partition coefficient (Wildman–Crippen LogP) is 0.660. The maximum absolute atomic E-state index is 9.63. The van der Waals surface area contributed by atoms with E-state index in [2.05, 4.69) is 22.0 Å². The van der Waals surface area contributed by atoms with Crippen LogP contribution in [0.1, 0.15) is 39.0 Å². The molecule has 0 aromatic carbocycles. The molecule has 0 bridgehead atoms. The summed E-state index contributed by atoms with van der Waals surface area (Å²) in [5.74, 6) is 0. The normalized spacial score (nSPS) is 29.4. The van der Waals surface area contributed by atoms with Crippen molar-refractivity contribution in [3.63, 3.8) is 0 Å². The lowest BCUT2D eigenvalue weighted by molar-refractivity contribution is 0.102. The summed E-state index contributed by atoms with van der Waals surface area (Å²) in [6, 6.07) is 1.59. The summed E-state index contributed by atoms with van der Waals surface area (Å²) in [5, 5.41) is 13.2. The van der Waals surface area contributed by atoms with Crippen LogP contribution in [0.4, 0.5) is 0 Å². The fourth-order valence-electron chi connectivity index (χ4n) is 3.11. The van der Waals surface area contributed by atoms with Gasteiger partial charge < -0.3 is 15.3 Å². The van der Waals surface area contributed by atoms with E-state index in [9.17, 15) is 5.11 Å². The average Bonchev–Trinajstić information content (AvgIpc) is 3.30. The fourth-order valence-corrected chi connectivity index (χ4v) is 3.11. The van der Waals surface area contributed by atoms with Gasteiger partial charge in [-0.15, -0.1) is 0 Å². The Morgan fingerprint density at radius 3 is 2.32 bits per heavy atom. The van der Waals surface area contributed by atoms with E-state index < -0.39 is 0 Å².